The van der Waals surface area contributed by atoms with E-state index in [4.69, 9.17) is 46.4 Å². The monoisotopic (exact) mass is 780 g/mol. The third-order valence-electron chi connectivity index (χ3n) is 7.48. The van der Waals surface area contributed by atoms with Crippen LogP contribution in [0.4, 0.5) is 0 Å². The van der Waals surface area contributed by atoms with Gasteiger partial charge in [-0.05, 0) is 96.8 Å². The molecule has 50 heavy (non-hydrogen) atoms. The first-order valence-corrected chi connectivity index (χ1v) is 18.6. The molecule has 2 amide bonds. The predicted octanol–water partition coefficient (Wildman–Crippen LogP) is 9.46. The van der Waals surface area contributed by atoms with Crippen LogP contribution in [0.5, 0.6) is 0 Å². The van der Waals surface area contributed by atoms with Gasteiger partial charge in [-0.3, -0.25) is 18.7 Å². The van der Waals surface area contributed by atoms with E-state index < -0.39 is 0 Å². The van der Waals surface area contributed by atoms with Gasteiger partial charge in [0.15, 0.2) is 0 Å². The van der Waals surface area contributed by atoms with Gasteiger partial charge < -0.3 is 0 Å². The lowest BCUT2D eigenvalue weighted by molar-refractivity contribution is -0.123. The van der Waals surface area contributed by atoms with Crippen LogP contribution in [-0.2, 0) is 9.59 Å². The molecule has 0 radical (unpaired) electrons. The van der Waals surface area contributed by atoms with Crippen molar-refractivity contribution in [1.29, 1.82) is 0 Å². The molecule has 0 aliphatic rings. The summed E-state index contributed by atoms with van der Waals surface area (Å²) in [6.07, 6.45) is 1.40. The molecule has 0 bridgehead atoms. The normalized spacial score (nSPS) is 11.9. The number of thiazole rings is 2. The number of rotatable bonds is 11. The van der Waals surface area contributed by atoms with E-state index in [0.29, 0.717) is 42.5 Å². The number of hydrogen-bond donors (Lipinski definition) is 2. The van der Waals surface area contributed by atoms with Crippen molar-refractivity contribution in [3.05, 3.63) is 138 Å². The van der Waals surface area contributed by atoms with Crippen molar-refractivity contribution in [2.45, 2.75) is 25.7 Å². The predicted molar refractivity (Wildman–Crippen MR) is 204 cm³/mol. The van der Waals surface area contributed by atoms with Crippen molar-refractivity contribution < 1.29 is 9.59 Å². The number of nitrogens with zero attached hydrogens (tertiary/aromatic N) is 4. The van der Waals surface area contributed by atoms with E-state index in [1.165, 1.54) is 22.7 Å². The molecular formula is C36H28Cl4N6O2S2. The lowest BCUT2D eigenvalue weighted by atomic mass is 10.1. The van der Waals surface area contributed by atoms with Gasteiger partial charge in [-0.15, -0.1) is 32.9 Å². The Morgan fingerprint density at radius 3 is 1.18 bits per heavy atom. The van der Waals surface area contributed by atoms with Crippen molar-refractivity contribution in [2.75, 3.05) is 0 Å². The Morgan fingerprint density at radius 2 is 0.840 bits per heavy atom. The molecule has 4 aromatic carbocycles. The molecular weight excluding hydrogens is 754 g/mol. The number of aromatic nitrogens is 2. The van der Waals surface area contributed by atoms with E-state index in [1.54, 1.807) is 24.3 Å². The summed E-state index contributed by atoms with van der Waals surface area (Å²) in [5, 5.41) is 15.3. The Bertz CT molecular complexity index is 2080. The number of halogens is 4. The zero-order valence-corrected chi connectivity index (χ0v) is 30.8. The fraction of sp³-hybridized carbons (Fsp3) is 0.111. The zero-order chi connectivity index (χ0) is 35.0. The molecule has 6 aromatic rings. The second kappa shape index (κ2) is 16.7. The van der Waals surface area contributed by atoms with Crippen LogP contribution in [0.15, 0.2) is 118 Å². The maximum absolute atomic E-state index is 12.7. The number of carbonyl (C=O) groups excluding carboxylic acids is 2. The highest BCUT2D eigenvalue weighted by Crippen LogP contribution is 2.27. The van der Waals surface area contributed by atoms with Crippen LogP contribution in [0.25, 0.3) is 33.9 Å². The third-order valence-corrected chi connectivity index (χ3v) is 10.1. The highest BCUT2D eigenvalue weighted by atomic mass is 35.5. The Kier molecular flexibility index (Phi) is 11.9. The van der Waals surface area contributed by atoms with Crippen molar-refractivity contribution in [2.24, 2.45) is 10.2 Å². The molecule has 0 aliphatic carbocycles. The van der Waals surface area contributed by atoms with Gasteiger partial charge >= 0.3 is 0 Å². The van der Waals surface area contributed by atoms with Crippen LogP contribution in [-0.4, -0.2) is 20.9 Å². The summed E-state index contributed by atoms with van der Waals surface area (Å²) in [6, 6.07) is 29.8. The number of carbonyl (C=O) groups is 2. The molecule has 0 spiro atoms. The SMILES string of the molecule is O=C(CCCCC(=O)NN=c1scc(-c2ccc(Cl)cc2)n1-c1ccc(Cl)cc1)NN=c1scc(-c2ccc(Cl)cc2)n1-c1ccc(Cl)cc1. The molecule has 0 fully saturated rings. The highest BCUT2D eigenvalue weighted by molar-refractivity contribution is 7.07. The van der Waals surface area contributed by atoms with Crippen molar-refractivity contribution >= 4 is 80.9 Å². The topological polar surface area (TPSA) is 92.8 Å². The molecule has 254 valence electrons. The Morgan fingerprint density at radius 1 is 0.520 bits per heavy atom. The van der Waals surface area contributed by atoms with Gasteiger partial charge in [0.05, 0.1) is 11.4 Å². The molecule has 0 saturated carbocycles. The van der Waals surface area contributed by atoms with Crippen LogP contribution < -0.4 is 20.5 Å². The van der Waals surface area contributed by atoms with E-state index in [2.05, 4.69) is 21.1 Å². The molecule has 0 aliphatic heterocycles. The molecule has 0 saturated heterocycles. The molecule has 0 atom stereocenters. The Hall–Kier alpha value is -4.16. The number of unbranched alkanes of at least 4 members (excludes halogenated alkanes) is 1. The van der Waals surface area contributed by atoms with E-state index in [1.807, 2.05) is 92.7 Å². The first-order chi connectivity index (χ1) is 24.2. The van der Waals surface area contributed by atoms with Crippen LogP contribution in [0.3, 0.4) is 0 Å². The molecule has 2 N–H and O–H groups in total. The van der Waals surface area contributed by atoms with Crippen molar-refractivity contribution in [3.63, 3.8) is 0 Å². The maximum atomic E-state index is 12.7. The maximum Gasteiger partial charge on any atom is 0.240 e. The second-order valence-corrected chi connectivity index (χ2v) is 14.4. The number of benzene rings is 4. The van der Waals surface area contributed by atoms with Gasteiger partial charge in [0, 0.05) is 55.1 Å². The molecule has 8 nitrogen and oxygen atoms in total. The zero-order valence-electron chi connectivity index (χ0n) is 26.2. The fourth-order valence-electron chi connectivity index (χ4n) is 5.00. The summed E-state index contributed by atoms with van der Waals surface area (Å²) in [7, 11) is 0. The highest BCUT2D eigenvalue weighted by Gasteiger charge is 2.13. The Balaban J connectivity index is 1.08. The van der Waals surface area contributed by atoms with E-state index >= 15 is 0 Å². The Labute approximate surface area is 315 Å². The van der Waals surface area contributed by atoms with Gasteiger partial charge in [-0.2, -0.15) is 0 Å². The van der Waals surface area contributed by atoms with Crippen LogP contribution in [0, 0.1) is 0 Å². The minimum Gasteiger partial charge on any atom is -0.284 e. The van der Waals surface area contributed by atoms with Gasteiger partial charge in [0.1, 0.15) is 0 Å². The molecule has 2 heterocycles. The van der Waals surface area contributed by atoms with Crippen molar-refractivity contribution in [1.82, 2.24) is 20.0 Å². The van der Waals surface area contributed by atoms with E-state index in [0.717, 1.165) is 33.9 Å². The summed E-state index contributed by atoms with van der Waals surface area (Å²) in [6.45, 7) is 0. The first-order valence-electron chi connectivity index (χ1n) is 15.3. The fourth-order valence-corrected chi connectivity index (χ4v) is 7.24. The number of hydrogen-bond acceptors (Lipinski definition) is 6. The van der Waals surface area contributed by atoms with Crippen LogP contribution >= 0.6 is 69.1 Å². The minimum atomic E-state index is -0.253. The number of nitrogens with one attached hydrogen (secondary N) is 2. The summed E-state index contributed by atoms with van der Waals surface area (Å²) in [5.74, 6) is -0.506. The average Bonchev–Trinajstić information content (AvgIpc) is 3.74. The summed E-state index contributed by atoms with van der Waals surface area (Å²) in [4.78, 5) is 26.6. The summed E-state index contributed by atoms with van der Waals surface area (Å²) < 4.78 is 3.89. The third kappa shape index (κ3) is 8.95. The summed E-state index contributed by atoms with van der Waals surface area (Å²) >= 11 is 27.3. The van der Waals surface area contributed by atoms with Crippen LogP contribution in [0.1, 0.15) is 25.7 Å². The lowest BCUT2D eigenvalue weighted by Crippen LogP contribution is -2.24. The first kappa shape index (κ1) is 35.7. The van der Waals surface area contributed by atoms with Gasteiger partial charge in [0.25, 0.3) is 0 Å². The quantitative estimate of drug-likeness (QED) is 0.101. The van der Waals surface area contributed by atoms with Gasteiger partial charge in [-0.25, -0.2) is 10.9 Å². The molecule has 2 aromatic heterocycles. The minimum absolute atomic E-state index is 0.205. The lowest BCUT2D eigenvalue weighted by Gasteiger charge is -2.10. The van der Waals surface area contributed by atoms with E-state index in [9.17, 15) is 9.59 Å². The van der Waals surface area contributed by atoms with Crippen LogP contribution in [0.2, 0.25) is 20.1 Å². The van der Waals surface area contributed by atoms with Gasteiger partial charge in [0.2, 0.25) is 21.4 Å². The molecule has 14 heteroatoms. The smallest absolute Gasteiger partial charge is 0.240 e. The van der Waals surface area contributed by atoms with Gasteiger partial charge in [-0.1, -0.05) is 70.7 Å². The van der Waals surface area contributed by atoms with E-state index in [-0.39, 0.29) is 24.7 Å². The molecule has 0 unspecified atom stereocenters. The second-order valence-electron chi connectivity index (χ2n) is 10.9. The summed E-state index contributed by atoms with van der Waals surface area (Å²) in [5.41, 5.74) is 10.7. The average molecular weight is 783 g/mol. The van der Waals surface area contributed by atoms with Crippen molar-refractivity contribution in [3.8, 4) is 33.9 Å². The largest absolute Gasteiger partial charge is 0.284 e. The standard InChI is InChI=1S/C36H28Cl4N6O2S2/c37-25-9-5-23(6-10-25)31-21-49-35(45(31)29-17-13-27(39)14-18-29)43-41-33(47)3-1-2-4-34(48)42-44-36-46(30-19-15-28(40)16-20-30)32(22-50-36)24-7-11-26(38)12-8-24/h5-22H,1-4H2,(H,41,47)(H,42,48). The molecule has 6 rings (SSSR count). The number of amides is 2.